The number of benzene rings is 3. The molecule has 0 spiro atoms. The molecule has 40 heavy (non-hydrogen) atoms. The lowest BCUT2D eigenvalue weighted by Crippen LogP contribution is -2.47. The number of rotatable bonds is 5. The summed E-state index contributed by atoms with van der Waals surface area (Å²) in [4.78, 5) is 37.5. The van der Waals surface area contributed by atoms with E-state index in [-0.39, 0.29) is 16.8 Å². The molecule has 1 aliphatic heterocycles. The highest BCUT2D eigenvalue weighted by Crippen LogP contribution is 2.29. The van der Waals surface area contributed by atoms with Crippen LogP contribution in [-0.2, 0) is 4.79 Å². The lowest BCUT2D eigenvalue weighted by atomic mass is 10.1. The third-order valence-electron chi connectivity index (χ3n) is 5.98. The SMILES string of the molecule is Cc1ccc(Cl)cc1N1CCN(c2ccc(NC(=O)c3ccccc3F)cc2C(=O)O)CC1.O=C(O)C(F)(F)F. The Morgan fingerprint density at radius 1 is 0.850 bits per heavy atom. The molecule has 0 saturated carbocycles. The molecule has 212 valence electrons. The molecule has 1 aliphatic rings. The Kier molecular flexibility index (Phi) is 9.59. The van der Waals surface area contributed by atoms with Crippen molar-refractivity contribution < 1.29 is 42.2 Å². The summed E-state index contributed by atoms with van der Waals surface area (Å²) < 4.78 is 45.6. The molecular weight excluding hydrogens is 558 g/mol. The molecule has 13 heteroatoms. The molecule has 0 atom stereocenters. The number of hydrogen-bond acceptors (Lipinski definition) is 5. The van der Waals surface area contributed by atoms with Crippen LogP contribution in [0.4, 0.5) is 34.6 Å². The van der Waals surface area contributed by atoms with Crippen LogP contribution >= 0.6 is 11.6 Å². The van der Waals surface area contributed by atoms with Crippen LogP contribution in [0.2, 0.25) is 5.02 Å². The predicted molar refractivity (Wildman–Crippen MR) is 142 cm³/mol. The van der Waals surface area contributed by atoms with Gasteiger partial charge in [-0.15, -0.1) is 0 Å². The van der Waals surface area contributed by atoms with Gasteiger partial charge in [0.25, 0.3) is 5.91 Å². The lowest BCUT2D eigenvalue weighted by Gasteiger charge is -2.38. The number of amides is 1. The number of carboxylic acid groups (broad SMARTS) is 2. The van der Waals surface area contributed by atoms with E-state index in [0.717, 1.165) is 11.3 Å². The number of carbonyl (C=O) groups excluding carboxylic acids is 1. The van der Waals surface area contributed by atoms with E-state index < -0.39 is 29.8 Å². The summed E-state index contributed by atoms with van der Waals surface area (Å²) in [6.45, 7) is 4.73. The first kappa shape index (κ1) is 30.2. The average molecular weight is 582 g/mol. The van der Waals surface area contributed by atoms with Gasteiger partial charge in [0.05, 0.1) is 16.8 Å². The number of alkyl halides is 3. The molecule has 0 aromatic heterocycles. The number of hydrogen-bond donors (Lipinski definition) is 3. The van der Waals surface area contributed by atoms with Crippen LogP contribution in [0.5, 0.6) is 0 Å². The molecule has 0 radical (unpaired) electrons. The summed E-state index contributed by atoms with van der Waals surface area (Å²) in [6, 6.07) is 16.2. The van der Waals surface area contributed by atoms with Crippen LogP contribution in [-0.4, -0.2) is 60.4 Å². The summed E-state index contributed by atoms with van der Waals surface area (Å²) in [6.07, 6.45) is -5.08. The monoisotopic (exact) mass is 581 g/mol. The first-order valence-electron chi connectivity index (χ1n) is 11.8. The minimum absolute atomic E-state index is 0.0775. The maximum absolute atomic E-state index is 13.9. The summed E-state index contributed by atoms with van der Waals surface area (Å²) in [5.74, 6) is -5.13. The quantitative estimate of drug-likeness (QED) is 0.332. The zero-order valence-electron chi connectivity index (χ0n) is 21.0. The van der Waals surface area contributed by atoms with Crippen molar-refractivity contribution in [3.8, 4) is 0 Å². The van der Waals surface area contributed by atoms with Gasteiger partial charge in [0.1, 0.15) is 5.82 Å². The lowest BCUT2D eigenvalue weighted by molar-refractivity contribution is -0.192. The van der Waals surface area contributed by atoms with Crippen molar-refractivity contribution in [1.82, 2.24) is 0 Å². The van der Waals surface area contributed by atoms with Gasteiger partial charge < -0.3 is 25.3 Å². The molecular formula is C27H24ClF4N3O5. The molecule has 1 amide bonds. The third-order valence-corrected chi connectivity index (χ3v) is 6.21. The number of nitrogens with one attached hydrogen (secondary N) is 1. The minimum Gasteiger partial charge on any atom is -0.478 e. The standard InChI is InChI=1S/C25H23ClFN3O3.C2HF3O2/c1-16-6-7-17(26)14-23(16)30-12-10-29(11-13-30)22-9-8-18(15-20(22)25(32)33)28-24(31)19-4-2-3-5-21(19)27;3-2(4,5)1(6)7/h2-9,14-15H,10-13H2,1H3,(H,28,31)(H,32,33);(H,6,7). The van der Waals surface area contributed by atoms with Gasteiger partial charge in [-0.05, 0) is 55.0 Å². The molecule has 3 N–H and O–H groups in total. The van der Waals surface area contributed by atoms with Gasteiger partial charge in [-0.3, -0.25) is 4.79 Å². The van der Waals surface area contributed by atoms with Crippen molar-refractivity contribution in [2.24, 2.45) is 0 Å². The average Bonchev–Trinajstić information content (AvgIpc) is 2.90. The first-order chi connectivity index (χ1) is 18.8. The molecule has 1 saturated heterocycles. The van der Waals surface area contributed by atoms with Crippen molar-refractivity contribution in [2.75, 3.05) is 41.3 Å². The maximum atomic E-state index is 13.9. The second-order valence-corrected chi connectivity index (χ2v) is 9.12. The molecule has 1 fully saturated rings. The van der Waals surface area contributed by atoms with E-state index in [9.17, 15) is 32.3 Å². The summed E-state index contributed by atoms with van der Waals surface area (Å²) in [5, 5.41) is 20.2. The zero-order valence-corrected chi connectivity index (χ0v) is 21.8. The van der Waals surface area contributed by atoms with Gasteiger partial charge in [-0.2, -0.15) is 13.2 Å². The van der Waals surface area contributed by atoms with E-state index >= 15 is 0 Å². The number of piperazine rings is 1. The fraction of sp³-hybridized carbons (Fsp3) is 0.222. The number of aromatic carboxylic acids is 1. The molecule has 4 rings (SSSR count). The van der Waals surface area contributed by atoms with E-state index in [1.807, 2.05) is 30.0 Å². The van der Waals surface area contributed by atoms with Gasteiger partial charge in [0.2, 0.25) is 0 Å². The normalized spacial score (nSPS) is 13.2. The highest BCUT2D eigenvalue weighted by atomic mass is 35.5. The number of aliphatic carboxylic acids is 1. The van der Waals surface area contributed by atoms with E-state index in [4.69, 9.17) is 21.5 Å². The van der Waals surface area contributed by atoms with E-state index in [2.05, 4.69) is 10.2 Å². The van der Waals surface area contributed by atoms with Crippen LogP contribution in [0, 0.1) is 12.7 Å². The Hall–Kier alpha value is -4.32. The van der Waals surface area contributed by atoms with E-state index in [0.29, 0.717) is 36.9 Å². The Bertz CT molecular complexity index is 1410. The van der Waals surface area contributed by atoms with Crippen molar-refractivity contribution in [3.63, 3.8) is 0 Å². The number of aryl methyl sites for hydroxylation is 1. The first-order valence-corrected chi connectivity index (χ1v) is 12.1. The van der Waals surface area contributed by atoms with Crippen molar-refractivity contribution >= 4 is 46.5 Å². The number of halogens is 5. The van der Waals surface area contributed by atoms with Crippen molar-refractivity contribution in [1.29, 1.82) is 0 Å². The Labute approximate surface area is 231 Å². The Morgan fingerprint density at radius 3 is 1.98 bits per heavy atom. The fourth-order valence-electron chi connectivity index (χ4n) is 4.02. The van der Waals surface area contributed by atoms with Crippen LogP contribution in [0.3, 0.4) is 0 Å². The molecule has 0 bridgehead atoms. The van der Waals surface area contributed by atoms with Crippen molar-refractivity contribution in [3.05, 3.63) is 88.2 Å². The molecule has 3 aromatic carbocycles. The molecule has 1 heterocycles. The van der Waals surface area contributed by atoms with Crippen LogP contribution in [0.15, 0.2) is 60.7 Å². The Balaban J connectivity index is 0.000000559. The minimum atomic E-state index is -5.08. The zero-order chi connectivity index (χ0) is 29.6. The number of anilines is 3. The second-order valence-electron chi connectivity index (χ2n) is 8.68. The predicted octanol–water partition coefficient (Wildman–Crippen LogP) is 5.70. The third kappa shape index (κ3) is 7.63. The van der Waals surface area contributed by atoms with Crippen LogP contribution in [0.1, 0.15) is 26.3 Å². The number of carbonyl (C=O) groups is 3. The number of carboxylic acids is 2. The fourth-order valence-corrected chi connectivity index (χ4v) is 4.18. The van der Waals surface area contributed by atoms with Crippen LogP contribution in [0.25, 0.3) is 0 Å². The van der Waals surface area contributed by atoms with Gasteiger partial charge in [0, 0.05) is 42.6 Å². The maximum Gasteiger partial charge on any atom is 0.490 e. The van der Waals surface area contributed by atoms with Crippen LogP contribution < -0.4 is 15.1 Å². The van der Waals surface area contributed by atoms with E-state index in [1.165, 1.54) is 24.3 Å². The molecule has 0 unspecified atom stereocenters. The second kappa shape index (κ2) is 12.7. The Morgan fingerprint density at radius 2 is 1.43 bits per heavy atom. The van der Waals surface area contributed by atoms with E-state index in [1.54, 1.807) is 18.2 Å². The number of nitrogens with zero attached hydrogens (tertiary/aromatic N) is 2. The highest BCUT2D eigenvalue weighted by Gasteiger charge is 2.38. The van der Waals surface area contributed by atoms with Gasteiger partial charge >= 0.3 is 18.1 Å². The van der Waals surface area contributed by atoms with Crippen molar-refractivity contribution in [2.45, 2.75) is 13.1 Å². The molecule has 8 nitrogen and oxygen atoms in total. The van der Waals surface area contributed by atoms with Gasteiger partial charge in [0.15, 0.2) is 0 Å². The van der Waals surface area contributed by atoms with Gasteiger partial charge in [-0.25, -0.2) is 14.0 Å². The topological polar surface area (TPSA) is 110 Å². The molecule has 3 aromatic rings. The largest absolute Gasteiger partial charge is 0.490 e. The summed E-state index contributed by atoms with van der Waals surface area (Å²) >= 11 is 6.16. The molecule has 0 aliphatic carbocycles. The summed E-state index contributed by atoms with van der Waals surface area (Å²) in [7, 11) is 0. The van der Waals surface area contributed by atoms with Gasteiger partial charge in [-0.1, -0.05) is 29.8 Å². The highest BCUT2D eigenvalue weighted by molar-refractivity contribution is 6.30. The summed E-state index contributed by atoms with van der Waals surface area (Å²) in [5.41, 5.74) is 3.05. The smallest absolute Gasteiger partial charge is 0.478 e.